The minimum atomic E-state index is -0.594. The molecular weight excluding hydrogens is 485 g/mol. The molecule has 0 saturated carbocycles. The minimum Gasteiger partial charge on any atom is -0.335 e. The molecule has 0 bridgehead atoms. The van der Waals surface area contributed by atoms with Crippen molar-refractivity contribution in [2.24, 2.45) is 5.41 Å². The van der Waals surface area contributed by atoms with Crippen molar-refractivity contribution in [2.45, 2.75) is 20.8 Å². The molecule has 6 aromatic heterocycles. The fraction of sp³-hybridized carbons (Fsp3) is 0.148. The molecule has 0 fully saturated rings. The van der Waals surface area contributed by atoms with Crippen LogP contribution in [-0.2, 0) is 4.79 Å². The molecule has 0 aromatic carbocycles. The summed E-state index contributed by atoms with van der Waals surface area (Å²) in [6, 6.07) is 5.39. The molecule has 0 atom stereocenters. The number of hydrogen-bond donors (Lipinski definition) is 3. The number of imidazole rings is 1. The quantitative estimate of drug-likeness (QED) is 0.300. The molecule has 0 unspecified atom stereocenters. The van der Waals surface area contributed by atoms with Crippen molar-refractivity contribution >= 4 is 33.5 Å². The van der Waals surface area contributed by atoms with Crippen LogP contribution >= 0.6 is 0 Å². The Morgan fingerprint density at radius 3 is 2.50 bits per heavy atom. The molecule has 0 aliphatic rings. The SMILES string of the molecule is CC(C)(C)C(=O)Nc1cncc(-c2ncc3[nH]nc(-c4nc5c(-c6ccncc6)cncc5[nH]4)c3c2F)c1. The van der Waals surface area contributed by atoms with Crippen molar-refractivity contribution in [3.63, 3.8) is 0 Å². The molecule has 6 aromatic rings. The van der Waals surface area contributed by atoms with Crippen molar-refractivity contribution in [2.75, 3.05) is 5.32 Å². The number of pyridine rings is 4. The van der Waals surface area contributed by atoms with Gasteiger partial charge in [-0.3, -0.25) is 29.8 Å². The van der Waals surface area contributed by atoms with Crippen LogP contribution in [0.3, 0.4) is 0 Å². The Hall–Kier alpha value is -5.06. The first-order valence-corrected chi connectivity index (χ1v) is 11.8. The van der Waals surface area contributed by atoms with E-state index in [-0.39, 0.29) is 17.0 Å². The molecule has 0 aliphatic heterocycles. The van der Waals surface area contributed by atoms with Gasteiger partial charge >= 0.3 is 0 Å². The van der Waals surface area contributed by atoms with Gasteiger partial charge in [-0.1, -0.05) is 20.8 Å². The van der Waals surface area contributed by atoms with Gasteiger partial charge in [0, 0.05) is 41.3 Å². The molecule has 0 radical (unpaired) electrons. The molecule has 0 aliphatic carbocycles. The summed E-state index contributed by atoms with van der Waals surface area (Å²) in [5.41, 5.74) is 4.16. The molecule has 1 amide bonds. The Morgan fingerprint density at radius 1 is 0.921 bits per heavy atom. The second-order valence-electron chi connectivity index (χ2n) is 9.85. The second kappa shape index (κ2) is 8.80. The van der Waals surface area contributed by atoms with Gasteiger partial charge in [0.1, 0.15) is 11.4 Å². The number of nitrogens with zero attached hydrogens (tertiary/aromatic N) is 6. The summed E-state index contributed by atoms with van der Waals surface area (Å²) in [4.78, 5) is 37.3. The number of H-pyrrole nitrogens is 2. The summed E-state index contributed by atoms with van der Waals surface area (Å²) >= 11 is 0. The molecule has 11 heteroatoms. The summed E-state index contributed by atoms with van der Waals surface area (Å²) in [7, 11) is 0. The number of anilines is 1. The van der Waals surface area contributed by atoms with E-state index >= 15 is 4.39 Å². The first-order valence-electron chi connectivity index (χ1n) is 11.8. The Balaban J connectivity index is 1.44. The summed E-state index contributed by atoms with van der Waals surface area (Å²) in [6.07, 6.45) is 11.3. The van der Waals surface area contributed by atoms with Crippen LogP contribution in [0.1, 0.15) is 20.8 Å². The van der Waals surface area contributed by atoms with Crippen LogP contribution in [-0.4, -0.2) is 46.0 Å². The standard InChI is InChI=1S/C27H22FN9O/c1-27(2,3)26(38)33-16-8-15(9-30-10-16)22-21(28)20-18(13-32-22)36-37-24(20)25-34-19-12-31-11-17(23(19)35-25)14-4-6-29-7-5-14/h4-13H,1-3H3,(H,33,38)(H,34,35)(H,36,37). The fourth-order valence-electron chi connectivity index (χ4n) is 4.09. The zero-order valence-electron chi connectivity index (χ0n) is 20.7. The highest BCUT2D eigenvalue weighted by atomic mass is 19.1. The Labute approximate surface area is 215 Å². The van der Waals surface area contributed by atoms with Crippen LogP contribution in [0.15, 0.2) is 61.6 Å². The predicted octanol–water partition coefficient (Wildman–Crippen LogP) is 5.14. The van der Waals surface area contributed by atoms with Crippen LogP contribution in [0.2, 0.25) is 0 Å². The number of hydrogen-bond acceptors (Lipinski definition) is 7. The molecule has 6 rings (SSSR count). The number of aromatic amines is 2. The van der Waals surface area contributed by atoms with E-state index in [2.05, 4.69) is 40.4 Å². The molecule has 0 spiro atoms. The molecular formula is C27H22FN9O. The van der Waals surface area contributed by atoms with Crippen LogP contribution < -0.4 is 5.32 Å². The van der Waals surface area contributed by atoms with Crippen LogP contribution in [0.4, 0.5) is 10.1 Å². The van der Waals surface area contributed by atoms with Crippen molar-refractivity contribution in [3.8, 4) is 33.9 Å². The average molecular weight is 508 g/mol. The summed E-state index contributed by atoms with van der Waals surface area (Å²) in [5, 5.41) is 10.2. The lowest BCUT2D eigenvalue weighted by Gasteiger charge is -2.17. The van der Waals surface area contributed by atoms with E-state index in [4.69, 9.17) is 4.98 Å². The van der Waals surface area contributed by atoms with E-state index in [1.807, 2.05) is 32.9 Å². The van der Waals surface area contributed by atoms with Crippen molar-refractivity contribution in [3.05, 3.63) is 67.4 Å². The lowest BCUT2D eigenvalue weighted by atomic mass is 9.95. The van der Waals surface area contributed by atoms with Gasteiger partial charge in [0.25, 0.3) is 0 Å². The highest BCUT2D eigenvalue weighted by Crippen LogP contribution is 2.34. The molecule has 188 valence electrons. The maximum Gasteiger partial charge on any atom is 0.229 e. The van der Waals surface area contributed by atoms with E-state index in [0.717, 1.165) is 11.1 Å². The first-order chi connectivity index (χ1) is 18.3. The number of carbonyl (C=O) groups excluding carboxylic acids is 1. The van der Waals surface area contributed by atoms with E-state index < -0.39 is 11.2 Å². The summed E-state index contributed by atoms with van der Waals surface area (Å²) in [6.45, 7) is 5.43. The zero-order valence-corrected chi connectivity index (χ0v) is 20.7. The van der Waals surface area contributed by atoms with Gasteiger partial charge in [-0.25, -0.2) is 9.37 Å². The number of fused-ring (bicyclic) bond motifs is 2. The monoisotopic (exact) mass is 507 g/mol. The van der Waals surface area contributed by atoms with E-state index in [1.165, 1.54) is 18.6 Å². The van der Waals surface area contributed by atoms with Crippen molar-refractivity contribution < 1.29 is 9.18 Å². The van der Waals surface area contributed by atoms with Gasteiger partial charge < -0.3 is 10.3 Å². The maximum atomic E-state index is 16.0. The lowest BCUT2D eigenvalue weighted by molar-refractivity contribution is -0.123. The van der Waals surface area contributed by atoms with Crippen LogP contribution in [0, 0.1) is 11.2 Å². The van der Waals surface area contributed by atoms with Gasteiger partial charge in [-0.05, 0) is 23.8 Å². The highest BCUT2D eigenvalue weighted by molar-refractivity contribution is 5.98. The normalized spacial score (nSPS) is 11.8. The third-order valence-corrected chi connectivity index (χ3v) is 6.10. The number of amides is 1. The van der Waals surface area contributed by atoms with Crippen LogP contribution in [0.5, 0.6) is 0 Å². The molecule has 10 nitrogen and oxygen atoms in total. The van der Waals surface area contributed by atoms with Crippen molar-refractivity contribution in [1.82, 2.24) is 40.1 Å². The number of nitrogens with one attached hydrogen (secondary N) is 3. The largest absolute Gasteiger partial charge is 0.335 e. The van der Waals surface area contributed by atoms with Gasteiger partial charge in [-0.2, -0.15) is 5.10 Å². The second-order valence-corrected chi connectivity index (χ2v) is 9.85. The minimum absolute atomic E-state index is 0.0785. The van der Waals surface area contributed by atoms with E-state index in [9.17, 15) is 4.79 Å². The number of carbonyl (C=O) groups is 1. The summed E-state index contributed by atoms with van der Waals surface area (Å²) < 4.78 is 16.0. The number of rotatable bonds is 4. The van der Waals surface area contributed by atoms with Gasteiger partial charge in [-0.15, -0.1) is 0 Å². The van der Waals surface area contributed by atoms with E-state index in [0.29, 0.717) is 39.3 Å². The molecule has 0 saturated heterocycles. The lowest BCUT2D eigenvalue weighted by Crippen LogP contribution is -2.27. The van der Waals surface area contributed by atoms with E-state index in [1.54, 1.807) is 30.9 Å². The van der Waals surface area contributed by atoms with Crippen molar-refractivity contribution in [1.29, 1.82) is 0 Å². The number of halogens is 1. The maximum absolute atomic E-state index is 16.0. The van der Waals surface area contributed by atoms with Gasteiger partial charge in [0.05, 0.1) is 46.2 Å². The Bertz CT molecular complexity index is 1820. The highest BCUT2D eigenvalue weighted by Gasteiger charge is 2.23. The molecule has 6 heterocycles. The van der Waals surface area contributed by atoms with Crippen LogP contribution in [0.25, 0.3) is 55.8 Å². The topological polar surface area (TPSA) is 138 Å². The Morgan fingerprint density at radius 2 is 1.71 bits per heavy atom. The van der Waals surface area contributed by atoms with Gasteiger partial charge in [0.2, 0.25) is 5.91 Å². The number of aromatic nitrogens is 8. The first kappa shape index (κ1) is 23.3. The zero-order chi connectivity index (χ0) is 26.4. The third kappa shape index (κ3) is 4.03. The fourth-order valence-corrected chi connectivity index (χ4v) is 4.09. The predicted molar refractivity (Wildman–Crippen MR) is 141 cm³/mol. The Kier molecular flexibility index (Phi) is 5.41. The molecule has 3 N–H and O–H groups in total. The van der Waals surface area contributed by atoms with Gasteiger partial charge in [0.15, 0.2) is 11.6 Å². The molecule has 38 heavy (non-hydrogen) atoms. The summed E-state index contributed by atoms with van der Waals surface area (Å²) in [5.74, 6) is -0.377. The third-order valence-electron chi connectivity index (χ3n) is 6.10. The smallest absolute Gasteiger partial charge is 0.229 e. The average Bonchev–Trinajstić information content (AvgIpc) is 3.54.